The molecule has 0 saturated carbocycles. The molecule has 1 atom stereocenters. The van der Waals surface area contributed by atoms with Crippen LogP contribution < -0.4 is 5.32 Å². The highest BCUT2D eigenvalue weighted by atomic mass is 19.4. The fourth-order valence-corrected chi connectivity index (χ4v) is 2.36. The summed E-state index contributed by atoms with van der Waals surface area (Å²) in [6, 6.07) is 4.27. The number of nitro groups is 1. The lowest BCUT2D eigenvalue weighted by atomic mass is 9.92. The number of hydrogen-bond donors (Lipinski definition) is 1. The van der Waals surface area contributed by atoms with Crippen LogP contribution in [-0.2, 0) is 15.1 Å². The highest BCUT2D eigenvalue weighted by Crippen LogP contribution is 2.29. The maximum atomic E-state index is 12.5. The van der Waals surface area contributed by atoms with E-state index in [1.165, 1.54) is 31.2 Å². The monoisotopic (exact) mass is 361 g/mol. The van der Waals surface area contributed by atoms with Crippen molar-refractivity contribution < 1.29 is 32.4 Å². The Morgan fingerprint density at radius 1 is 1.28 bits per heavy atom. The van der Waals surface area contributed by atoms with Crippen LogP contribution in [0.25, 0.3) is 0 Å². The van der Waals surface area contributed by atoms with Crippen molar-refractivity contribution in [1.29, 1.82) is 0 Å². The van der Waals surface area contributed by atoms with Crippen molar-refractivity contribution in [2.24, 2.45) is 0 Å². The molecule has 0 radical (unpaired) electrons. The molecule has 2 rings (SSSR count). The number of hydrogen-bond acceptors (Lipinski definition) is 5. The Kier molecular flexibility index (Phi) is 4.97. The van der Waals surface area contributed by atoms with Crippen molar-refractivity contribution in [2.75, 3.05) is 19.8 Å². The van der Waals surface area contributed by atoms with Gasteiger partial charge in [-0.15, -0.1) is 0 Å². The molecular weight excluding hydrogens is 347 g/mol. The largest absolute Gasteiger partial charge is 0.411 e. The van der Waals surface area contributed by atoms with E-state index in [0.29, 0.717) is 5.56 Å². The minimum Gasteiger partial charge on any atom is -0.370 e. The third-order valence-electron chi connectivity index (χ3n) is 3.66. The van der Waals surface area contributed by atoms with E-state index in [1.807, 2.05) is 0 Å². The Bertz CT molecular complexity index is 692. The number of carbonyl (C=O) groups is 2. The molecule has 1 aliphatic rings. The van der Waals surface area contributed by atoms with Gasteiger partial charge in [0.2, 0.25) is 0 Å². The molecule has 0 aliphatic carbocycles. The van der Waals surface area contributed by atoms with E-state index >= 15 is 0 Å². The van der Waals surface area contributed by atoms with Crippen molar-refractivity contribution >= 4 is 17.6 Å². The fourth-order valence-electron chi connectivity index (χ4n) is 2.36. The van der Waals surface area contributed by atoms with Gasteiger partial charge in [0, 0.05) is 12.1 Å². The van der Waals surface area contributed by atoms with Gasteiger partial charge in [0.05, 0.1) is 18.1 Å². The summed E-state index contributed by atoms with van der Waals surface area (Å²) in [6.45, 7) is -0.875. The first-order valence-corrected chi connectivity index (χ1v) is 7.08. The van der Waals surface area contributed by atoms with Gasteiger partial charge in [-0.25, -0.2) is 4.79 Å². The Morgan fingerprint density at radius 2 is 1.88 bits per heavy atom. The molecule has 1 aromatic rings. The summed E-state index contributed by atoms with van der Waals surface area (Å²) >= 11 is 0. The maximum Gasteiger partial charge on any atom is 0.411 e. The Hall–Kier alpha value is -2.69. The number of imide groups is 1. The number of amides is 3. The molecule has 1 saturated heterocycles. The highest BCUT2D eigenvalue weighted by Gasteiger charge is 2.48. The van der Waals surface area contributed by atoms with Crippen LogP contribution >= 0.6 is 0 Å². The van der Waals surface area contributed by atoms with E-state index in [1.54, 1.807) is 0 Å². The van der Waals surface area contributed by atoms with Crippen LogP contribution in [-0.4, -0.2) is 47.7 Å². The number of non-ortho nitro benzene ring substituents is 1. The molecule has 1 fully saturated rings. The number of nitrogens with zero attached hydrogens (tertiary/aromatic N) is 2. The van der Waals surface area contributed by atoms with Crippen molar-refractivity contribution in [2.45, 2.75) is 18.6 Å². The second-order valence-electron chi connectivity index (χ2n) is 5.48. The van der Waals surface area contributed by atoms with E-state index in [-0.39, 0.29) is 12.2 Å². The normalized spacial score (nSPS) is 20.7. The quantitative estimate of drug-likeness (QED) is 0.361. The van der Waals surface area contributed by atoms with Crippen LogP contribution in [0.4, 0.5) is 23.7 Å². The number of rotatable bonds is 6. The predicted octanol–water partition coefficient (Wildman–Crippen LogP) is 1.94. The smallest absolute Gasteiger partial charge is 0.370 e. The van der Waals surface area contributed by atoms with E-state index < -0.39 is 41.8 Å². The number of halogens is 3. The second kappa shape index (κ2) is 6.67. The van der Waals surface area contributed by atoms with Crippen LogP contribution in [0, 0.1) is 10.1 Å². The summed E-state index contributed by atoms with van der Waals surface area (Å²) in [5.41, 5.74) is -1.33. The topological polar surface area (TPSA) is 102 Å². The summed E-state index contributed by atoms with van der Waals surface area (Å²) in [4.78, 5) is 35.2. The molecule has 11 heteroatoms. The van der Waals surface area contributed by atoms with Gasteiger partial charge in [0.1, 0.15) is 12.1 Å². The third kappa shape index (κ3) is 4.05. The number of ether oxygens (including phenoxy) is 1. The number of nitro benzene ring substituents is 1. The van der Waals surface area contributed by atoms with E-state index in [0.717, 1.165) is 4.90 Å². The second-order valence-corrected chi connectivity index (χ2v) is 5.48. The third-order valence-corrected chi connectivity index (χ3v) is 3.66. The Labute approximate surface area is 139 Å². The number of benzene rings is 1. The van der Waals surface area contributed by atoms with Crippen LogP contribution in [0.5, 0.6) is 0 Å². The molecule has 1 aromatic carbocycles. The zero-order valence-electron chi connectivity index (χ0n) is 13.0. The summed E-state index contributed by atoms with van der Waals surface area (Å²) in [7, 11) is 0. The Balaban J connectivity index is 2.07. The zero-order valence-corrected chi connectivity index (χ0v) is 13.0. The molecule has 1 heterocycles. The number of nitrogens with one attached hydrogen (secondary N) is 1. The predicted molar refractivity (Wildman–Crippen MR) is 77.6 cm³/mol. The van der Waals surface area contributed by atoms with Crippen molar-refractivity contribution in [3.05, 3.63) is 39.9 Å². The molecule has 25 heavy (non-hydrogen) atoms. The lowest BCUT2D eigenvalue weighted by molar-refractivity contribution is -0.384. The lowest BCUT2D eigenvalue weighted by Crippen LogP contribution is -2.41. The van der Waals surface area contributed by atoms with Gasteiger partial charge in [0.25, 0.3) is 11.6 Å². The fraction of sp³-hybridized carbons (Fsp3) is 0.429. The van der Waals surface area contributed by atoms with Crippen molar-refractivity contribution in [3.8, 4) is 0 Å². The molecule has 0 spiro atoms. The first-order valence-electron chi connectivity index (χ1n) is 7.08. The van der Waals surface area contributed by atoms with E-state index in [2.05, 4.69) is 10.1 Å². The van der Waals surface area contributed by atoms with Crippen LogP contribution in [0.3, 0.4) is 0 Å². The molecule has 136 valence electrons. The Morgan fingerprint density at radius 3 is 2.40 bits per heavy atom. The van der Waals surface area contributed by atoms with Gasteiger partial charge in [-0.2, -0.15) is 13.2 Å². The summed E-state index contributed by atoms with van der Waals surface area (Å²) in [6.07, 6.45) is -4.50. The molecule has 3 amide bonds. The van der Waals surface area contributed by atoms with Gasteiger partial charge in [-0.3, -0.25) is 19.8 Å². The first-order chi connectivity index (χ1) is 11.5. The molecule has 0 bridgehead atoms. The van der Waals surface area contributed by atoms with Gasteiger partial charge < -0.3 is 10.1 Å². The first kappa shape index (κ1) is 18.6. The molecule has 1 aliphatic heterocycles. The zero-order chi connectivity index (χ0) is 18.8. The van der Waals surface area contributed by atoms with Crippen molar-refractivity contribution in [3.63, 3.8) is 0 Å². The summed E-state index contributed by atoms with van der Waals surface area (Å²) < 4.78 is 40.4. The maximum absolute atomic E-state index is 12.5. The summed E-state index contributed by atoms with van der Waals surface area (Å²) in [5, 5.41) is 13.1. The molecule has 1 unspecified atom stereocenters. The van der Waals surface area contributed by atoms with Gasteiger partial charge in [-0.05, 0) is 24.6 Å². The van der Waals surface area contributed by atoms with Gasteiger partial charge in [0.15, 0.2) is 0 Å². The standard InChI is InChI=1S/C14H14F3N3O5/c1-13(9-2-4-10(5-3-9)20(23)24)11(21)19(12(22)18-13)6-7-25-8-14(15,16)17/h2-5H,6-8H2,1H3,(H,18,22). The average molecular weight is 361 g/mol. The van der Waals surface area contributed by atoms with Crippen LogP contribution in [0.15, 0.2) is 24.3 Å². The van der Waals surface area contributed by atoms with E-state index in [4.69, 9.17) is 0 Å². The number of carbonyl (C=O) groups excluding carboxylic acids is 2. The van der Waals surface area contributed by atoms with Crippen LogP contribution in [0.1, 0.15) is 12.5 Å². The number of urea groups is 1. The highest BCUT2D eigenvalue weighted by molar-refractivity contribution is 6.07. The van der Waals surface area contributed by atoms with Crippen LogP contribution in [0.2, 0.25) is 0 Å². The molecule has 8 nitrogen and oxygen atoms in total. The molecule has 1 N–H and O–H groups in total. The van der Waals surface area contributed by atoms with E-state index in [9.17, 15) is 32.9 Å². The average Bonchev–Trinajstić information content (AvgIpc) is 2.74. The minimum absolute atomic E-state index is 0.179. The molecular formula is C14H14F3N3O5. The molecule has 0 aromatic heterocycles. The minimum atomic E-state index is -4.50. The van der Waals surface area contributed by atoms with Gasteiger partial charge in [-0.1, -0.05) is 0 Å². The van der Waals surface area contributed by atoms with Crippen molar-refractivity contribution in [1.82, 2.24) is 10.2 Å². The SMILES string of the molecule is CC1(c2ccc([N+](=O)[O-])cc2)NC(=O)N(CCOCC(F)(F)F)C1=O. The number of alkyl halides is 3. The summed E-state index contributed by atoms with van der Waals surface area (Å²) in [5.74, 6) is -0.679. The van der Waals surface area contributed by atoms with Gasteiger partial charge >= 0.3 is 12.2 Å². The lowest BCUT2D eigenvalue weighted by Gasteiger charge is -2.22.